The summed E-state index contributed by atoms with van der Waals surface area (Å²) in [5, 5.41) is 11.3. The molecule has 1 atom stereocenters. The highest BCUT2D eigenvalue weighted by Gasteiger charge is 2.30. The standard InChI is InChI=1S/C11H13N3O2S/c12-7-9-3-1-5-11(14-9)13-8-10-4-2-6-17(10,15)16/h1,3,5,10H,2,4,6,8H2,(H,13,14). The van der Waals surface area contributed by atoms with Crippen LogP contribution in [0.1, 0.15) is 18.5 Å². The summed E-state index contributed by atoms with van der Waals surface area (Å²) < 4.78 is 23.2. The molecule has 1 fully saturated rings. The fraction of sp³-hybridized carbons (Fsp3) is 0.455. The van der Waals surface area contributed by atoms with Crippen LogP contribution in [-0.2, 0) is 9.84 Å². The van der Waals surface area contributed by atoms with Gasteiger partial charge in [-0.3, -0.25) is 0 Å². The van der Waals surface area contributed by atoms with Crippen molar-refractivity contribution >= 4 is 15.7 Å². The van der Waals surface area contributed by atoms with Crippen molar-refractivity contribution in [1.82, 2.24) is 4.98 Å². The van der Waals surface area contributed by atoms with Gasteiger partial charge in [0.1, 0.15) is 17.6 Å². The van der Waals surface area contributed by atoms with E-state index in [9.17, 15) is 8.42 Å². The Balaban J connectivity index is 2.01. The zero-order valence-corrected chi connectivity index (χ0v) is 10.1. The monoisotopic (exact) mass is 251 g/mol. The van der Waals surface area contributed by atoms with Gasteiger partial charge >= 0.3 is 0 Å². The number of sulfone groups is 1. The lowest BCUT2D eigenvalue weighted by Crippen LogP contribution is -2.25. The van der Waals surface area contributed by atoms with Gasteiger partial charge in [-0.05, 0) is 25.0 Å². The number of nitrogens with one attached hydrogen (secondary N) is 1. The van der Waals surface area contributed by atoms with E-state index in [2.05, 4.69) is 10.3 Å². The number of rotatable bonds is 3. The van der Waals surface area contributed by atoms with Crippen molar-refractivity contribution in [2.24, 2.45) is 0 Å². The maximum absolute atomic E-state index is 11.6. The van der Waals surface area contributed by atoms with Crippen LogP contribution in [0.25, 0.3) is 0 Å². The molecule has 0 bridgehead atoms. The van der Waals surface area contributed by atoms with Crippen LogP contribution in [0.15, 0.2) is 18.2 Å². The molecule has 0 saturated carbocycles. The average molecular weight is 251 g/mol. The Morgan fingerprint density at radius 1 is 1.53 bits per heavy atom. The predicted molar refractivity (Wildman–Crippen MR) is 64.3 cm³/mol. The fourth-order valence-electron chi connectivity index (χ4n) is 1.90. The smallest absolute Gasteiger partial charge is 0.154 e. The van der Waals surface area contributed by atoms with E-state index in [1.807, 2.05) is 6.07 Å². The summed E-state index contributed by atoms with van der Waals surface area (Å²) in [6, 6.07) is 6.99. The number of anilines is 1. The lowest BCUT2D eigenvalue weighted by molar-refractivity contribution is 0.591. The number of pyridine rings is 1. The minimum atomic E-state index is -2.93. The molecular weight excluding hydrogens is 238 g/mol. The average Bonchev–Trinajstić information content (AvgIpc) is 2.66. The molecule has 1 aliphatic rings. The first-order valence-corrected chi connectivity index (χ1v) is 7.16. The summed E-state index contributed by atoms with van der Waals surface area (Å²) in [6.45, 7) is 0.365. The fourth-order valence-corrected chi connectivity index (χ4v) is 3.67. The Kier molecular flexibility index (Phi) is 3.29. The van der Waals surface area contributed by atoms with E-state index >= 15 is 0 Å². The molecule has 0 amide bonds. The molecule has 5 nitrogen and oxygen atoms in total. The van der Waals surface area contributed by atoms with Gasteiger partial charge < -0.3 is 5.32 Å². The second-order valence-electron chi connectivity index (χ2n) is 4.03. The van der Waals surface area contributed by atoms with E-state index in [0.29, 0.717) is 24.5 Å². The molecule has 2 heterocycles. The molecule has 0 spiro atoms. The molecule has 17 heavy (non-hydrogen) atoms. The first kappa shape index (κ1) is 11.9. The largest absolute Gasteiger partial charge is 0.369 e. The maximum atomic E-state index is 11.6. The van der Waals surface area contributed by atoms with E-state index in [0.717, 1.165) is 6.42 Å². The van der Waals surface area contributed by atoms with E-state index < -0.39 is 9.84 Å². The molecule has 0 aliphatic carbocycles. The number of hydrogen-bond acceptors (Lipinski definition) is 5. The molecule has 0 aromatic carbocycles. The Morgan fingerprint density at radius 3 is 3.00 bits per heavy atom. The normalized spacial score (nSPS) is 21.9. The van der Waals surface area contributed by atoms with Crippen molar-refractivity contribution in [2.75, 3.05) is 17.6 Å². The summed E-state index contributed by atoms with van der Waals surface area (Å²) >= 11 is 0. The highest BCUT2D eigenvalue weighted by molar-refractivity contribution is 7.92. The first-order valence-electron chi connectivity index (χ1n) is 5.44. The minimum Gasteiger partial charge on any atom is -0.369 e. The Labute approximate surface area is 100 Å². The van der Waals surface area contributed by atoms with Crippen molar-refractivity contribution < 1.29 is 8.42 Å². The van der Waals surface area contributed by atoms with Gasteiger partial charge in [-0.15, -0.1) is 0 Å². The summed E-state index contributed by atoms with van der Waals surface area (Å²) in [6.07, 6.45) is 1.44. The van der Waals surface area contributed by atoms with Crippen molar-refractivity contribution in [3.63, 3.8) is 0 Å². The van der Waals surface area contributed by atoms with Crippen LogP contribution < -0.4 is 5.32 Å². The zero-order valence-electron chi connectivity index (χ0n) is 9.26. The van der Waals surface area contributed by atoms with E-state index in [-0.39, 0.29) is 11.0 Å². The topological polar surface area (TPSA) is 82.9 Å². The Hall–Kier alpha value is -1.61. The van der Waals surface area contributed by atoms with E-state index in [1.54, 1.807) is 18.2 Å². The predicted octanol–water partition coefficient (Wildman–Crippen LogP) is 0.942. The maximum Gasteiger partial charge on any atom is 0.154 e. The van der Waals surface area contributed by atoms with Crippen LogP contribution in [0, 0.1) is 11.3 Å². The highest BCUT2D eigenvalue weighted by Crippen LogP contribution is 2.20. The van der Waals surface area contributed by atoms with Crippen LogP contribution in [0.3, 0.4) is 0 Å². The molecule has 1 aliphatic heterocycles. The van der Waals surface area contributed by atoms with Gasteiger partial charge in [0.05, 0.1) is 11.0 Å². The molecule has 90 valence electrons. The summed E-state index contributed by atoms with van der Waals surface area (Å²) in [7, 11) is -2.93. The highest BCUT2D eigenvalue weighted by atomic mass is 32.2. The molecule has 1 aromatic rings. The second-order valence-corrected chi connectivity index (χ2v) is 6.43. The first-order chi connectivity index (χ1) is 8.12. The van der Waals surface area contributed by atoms with Crippen molar-refractivity contribution in [3.8, 4) is 6.07 Å². The van der Waals surface area contributed by atoms with Gasteiger partial charge in [-0.2, -0.15) is 5.26 Å². The number of hydrogen-bond donors (Lipinski definition) is 1. The Bertz CT molecular complexity index is 548. The third kappa shape index (κ3) is 2.74. The Morgan fingerprint density at radius 2 is 2.35 bits per heavy atom. The number of nitriles is 1. The quantitative estimate of drug-likeness (QED) is 0.864. The lowest BCUT2D eigenvalue weighted by atomic mass is 10.2. The van der Waals surface area contributed by atoms with Gasteiger partial charge in [-0.25, -0.2) is 13.4 Å². The third-order valence-corrected chi connectivity index (χ3v) is 5.11. The van der Waals surface area contributed by atoms with Gasteiger partial charge in [0.15, 0.2) is 9.84 Å². The molecule has 1 unspecified atom stereocenters. The van der Waals surface area contributed by atoms with Gasteiger partial charge in [-0.1, -0.05) is 6.07 Å². The molecule has 6 heteroatoms. The van der Waals surface area contributed by atoms with Crippen molar-refractivity contribution in [3.05, 3.63) is 23.9 Å². The summed E-state index contributed by atoms with van der Waals surface area (Å²) in [4.78, 5) is 4.03. The lowest BCUT2D eigenvalue weighted by Gasteiger charge is -2.11. The minimum absolute atomic E-state index is 0.283. The molecule has 2 rings (SSSR count). The molecular formula is C11H13N3O2S. The van der Waals surface area contributed by atoms with Gasteiger partial charge in [0.25, 0.3) is 0 Å². The van der Waals surface area contributed by atoms with E-state index in [4.69, 9.17) is 5.26 Å². The van der Waals surface area contributed by atoms with Crippen LogP contribution in [-0.4, -0.2) is 30.9 Å². The zero-order chi connectivity index (χ0) is 12.3. The number of aromatic nitrogens is 1. The van der Waals surface area contributed by atoms with Crippen LogP contribution in [0.2, 0.25) is 0 Å². The van der Waals surface area contributed by atoms with Crippen LogP contribution in [0.5, 0.6) is 0 Å². The van der Waals surface area contributed by atoms with Crippen LogP contribution in [0.4, 0.5) is 5.82 Å². The second kappa shape index (κ2) is 4.72. The summed E-state index contributed by atoms with van der Waals surface area (Å²) in [5.74, 6) is 0.830. The van der Waals surface area contributed by atoms with Crippen molar-refractivity contribution in [1.29, 1.82) is 5.26 Å². The molecule has 1 aromatic heterocycles. The van der Waals surface area contributed by atoms with Gasteiger partial charge in [0, 0.05) is 6.54 Å². The van der Waals surface area contributed by atoms with Crippen LogP contribution >= 0.6 is 0 Å². The van der Waals surface area contributed by atoms with E-state index in [1.165, 1.54) is 0 Å². The molecule has 0 radical (unpaired) electrons. The molecule has 1 saturated heterocycles. The SMILES string of the molecule is N#Cc1cccc(NCC2CCCS2(=O)=O)n1. The molecule has 1 N–H and O–H groups in total. The number of nitrogens with zero attached hydrogens (tertiary/aromatic N) is 2. The summed E-state index contributed by atoms with van der Waals surface area (Å²) in [5.41, 5.74) is 0.323. The van der Waals surface area contributed by atoms with Gasteiger partial charge in [0.2, 0.25) is 0 Å². The third-order valence-electron chi connectivity index (χ3n) is 2.84. The van der Waals surface area contributed by atoms with Crippen molar-refractivity contribution in [2.45, 2.75) is 18.1 Å².